The quantitative estimate of drug-likeness (QED) is 0.702. The van der Waals surface area contributed by atoms with Gasteiger partial charge in [-0.1, -0.05) is 36.9 Å². The topological polar surface area (TPSA) is 88.9 Å². The number of nitrogens with zero attached hydrogens (tertiary/aromatic N) is 3. The number of amides is 2. The normalized spacial score (nSPS) is 10.5. The molecule has 0 bridgehead atoms. The van der Waals surface area contributed by atoms with E-state index in [9.17, 15) is 9.59 Å². The molecule has 134 valence electrons. The predicted molar refractivity (Wildman–Crippen MR) is 98.6 cm³/mol. The molecular formula is C17H23N5O2S. The highest BCUT2D eigenvalue weighted by molar-refractivity contribution is 7.99. The van der Waals surface area contributed by atoms with Crippen molar-refractivity contribution in [2.45, 2.75) is 38.9 Å². The van der Waals surface area contributed by atoms with Crippen LogP contribution >= 0.6 is 11.8 Å². The summed E-state index contributed by atoms with van der Waals surface area (Å²) in [5.41, 5.74) is 1.84. The monoisotopic (exact) mass is 361 g/mol. The van der Waals surface area contributed by atoms with E-state index in [2.05, 4.69) is 20.8 Å². The fraction of sp³-hybridized carbons (Fsp3) is 0.412. The van der Waals surface area contributed by atoms with E-state index in [0.29, 0.717) is 5.16 Å². The molecule has 0 unspecified atom stereocenters. The van der Waals surface area contributed by atoms with Crippen LogP contribution in [0.25, 0.3) is 0 Å². The largest absolute Gasteiger partial charge is 0.346 e. The summed E-state index contributed by atoms with van der Waals surface area (Å²) in [6.07, 6.45) is 0.830. The molecule has 1 aromatic heterocycles. The Morgan fingerprint density at radius 2 is 1.92 bits per heavy atom. The number of carbonyl (C=O) groups is 2. The molecule has 2 N–H and O–H groups in total. The first-order valence-corrected chi connectivity index (χ1v) is 9.20. The van der Waals surface area contributed by atoms with Crippen LogP contribution in [-0.4, -0.2) is 38.9 Å². The number of thioether (sulfide) groups is 1. The van der Waals surface area contributed by atoms with Gasteiger partial charge in [-0.3, -0.25) is 9.59 Å². The van der Waals surface area contributed by atoms with E-state index in [1.807, 2.05) is 49.6 Å². The molecule has 0 aliphatic carbocycles. The number of aryl methyl sites for hydroxylation is 2. The van der Waals surface area contributed by atoms with E-state index >= 15 is 0 Å². The summed E-state index contributed by atoms with van der Waals surface area (Å²) in [4.78, 5) is 23.9. The molecule has 8 heteroatoms. The molecule has 2 amide bonds. The molecular weight excluding hydrogens is 338 g/mol. The number of rotatable bonds is 8. The van der Waals surface area contributed by atoms with Gasteiger partial charge in [-0.25, -0.2) is 0 Å². The smallest absolute Gasteiger partial charge is 0.243 e. The first-order valence-electron chi connectivity index (χ1n) is 8.22. The zero-order valence-corrected chi connectivity index (χ0v) is 15.5. The van der Waals surface area contributed by atoms with E-state index in [0.717, 1.165) is 30.0 Å². The van der Waals surface area contributed by atoms with Gasteiger partial charge in [0, 0.05) is 12.2 Å². The molecule has 7 nitrogen and oxygen atoms in total. The van der Waals surface area contributed by atoms with Gasteiger partial charge in [0.25, 0.3) is 0 Å². The zero-order chi connectivity index (χ0) is 18.2. The highest BCUT2D eigenvalue weighted by atomic mass is 32.2. The Labute approximate surface area is 151 Å². The average Bonchev–Trinajstić information content (AvgIpc) is 2.98. The van der Waals surface area contributed by atoms with Crippen molar-refractivity contribution < 1.29 is 9.59 Å². The number of para-hydroxylation sites is 1. The maximum absolute atomic E-state index is 12.0. The second-order valence-corrected chi connectivity index (χ2v) is 6.34. The molecule has 0 radical (unpaired) electrons. The molecule has 25 heavy (non-hydrogen) atoms. The number of nitrogens with one attached hydrogen (secondary N) is 2. The van der Waals surface area contributed by atoms with Crippen LogP contribution in [0.4, 0.5) is 5.69 Å². The van der Waals surface area contributed by atoms with E-state index in [1.54, 1.807) is 0 Å². The van der Waals surface area contributed by atoms with Gasteiger partial charge in [-0.15, -0.1) is 10.2 Å². The van der Waals surface area contributed by atoms with Gasteiger partial charge in [0.1, 0.15) is 5.82 Å². The summed E-state index contributed by atoms with van der Waals surface area (Å²) in [6.45, 7) is 6.60. The van der Waals surface area contributed by atoms with Crippen LogP contribution < -0.4 is 10.6 Å². The predicted octanol–water partition coefficient (Wildman–Crippen LogP) is 2.02. The molecule has 0 atom stereocenters. The highest BCUT2D eigenvalue weighted by Gasteiger charge is 2.12. The summed E-state index contributed by atoms with van der Waals surface area (Å²) >= 11 is 1.31. The average molecular weight is 361 g/mol. The second-order valence-electron chi connectivity index (χ2n) is 5.40. The Morgan fingerprint density at radius 3 is 2.64 bits per heavy atom. The summed E-state index contributed by atoms with van der Waals surface area (Å²) < 4.78 is 1.94. The van der Waals surface area contributed by atoms with Crippen LogP contribution in [0, 0.1) is 6.92 Å². The molecule has 0 fully saturated rings. The lowest BCUT2D eigenvalue weighted by Crippen LogP contribution is -2.34. The van der Waals surface area contributed by atoms with Crippen LogP contribution in [0.2, 0.25) is 0 Å². The van der Waals surface area contributed by atoms with Crippen LogP contribution in [0.1, 0.15) is 25.2 Å². The lowest BCUT2D eigenvalue weighted by atomic mass is 10.1. The lowest BCUT2D eigenvalue weighted by molar-refractivity contribution is -0.122. The van der Waals surface area contributed by atoms with Gasteiger partial charge in [0.2, 0.25) is 11.8 Å². The Morgan fingerprint density at radius 1 is 1.16 bits per heavy atom. The highest BCUT2D eigenvalue weighted by Crippen LogP contribution is 2.16. The maximum Gasteiger partial charge on any atom is 0.243 e. The number of anilines is 1. The summed E-state index contributed by atoms with van der Waals surface area (Å²) in [6, 6.07) is 7.63. The van der Waals surface area contributed by atoms with Crippen molar-refractivity contribution in [1.29, 1.82) is 0 Å². The fourth-order valence-corrected chi connectivity index (χ4v) is 3.22. The maximum atomic E-state index is 12.0. The molecule has 0 aliphatic heterocycles. The number of hydrogen-bond donors (Lipinski definition) is 2. The molecule has 0 saturated heterocycles. The molecule has 0 aliphatic rings. The third-order valence-electron chi connectivity index (χ3n) is 3.67. The van der Waals surface area contributed by atoms with Crippen molar-refractivity contribution in [2.24, 2.45) is 0 Å². The van der Waals surface area contributed by atoms with Crippen molar-refractivity contribution in [3.8, 4) is 0 Å². The Bertz CT molecular complexity index is 744. The summed E-state index contributed by atoms with van der Waals surface area (Å²) in [5, 5.41) is 14.2. The van der Waals surface area contributed by atoms with Gasteiger partial charge in [0.15, 0.2) is 5.16 Å². The fourth-order valence-electron chi connectivity index (χ4n) is 2.34. The molecule has 2 aromatic rings. The molecule has 0 spiro atoms. The number of benzene rings is 1. The Hall–Kier alpha value is -2.35. The van der Waals surface area contributed by atoms with E-state index in [-0.39, 0.29) is 24.1 Å². The first-order chi connectivity index (χ1) is 12.0. The van der Waals surface area contributed by atoms with Crippen LogP contribution in [0.15, 0.2) is 29.4 Å². The SMILES string of the molecule is CCc1ccccc1NC(=O)CNC(=O)CSc1nnc(C)n1CC. The van der Waals surface area contributed by atoms with Gasteiger partial charge in [-0.05, 0) is 31.9 Å². The lowest BCUT2D eigenvalue weighted by Gasteiger charge is -2.10. The van der Waals surface area contributed by atoms with Crippen molar-refractivity contribution in [3.63, 3.8) is 0 Å². The van der Waals surface area contributed by atoms with E-state index in [1.165, 1.54) is 11.8 Å². The zero-order valence-electron chi connectivity index (χ0n) is 14.7. The van der Waals surface area contributed by atoms with Crippen LogP contribution in [0.3, 0.4) is 0 Å². The summed E-state index contributed by atoms with van der Waals surface area (Å²) in [7, 11) is 0. The number of carbonyl (C=O) groups excluding carboxylic acids is 2. The minimum absolute atomic E-state index is 0.0586. The van der Waals surface area contributed by atoms with Gasteiger partial charge >= 0.3 is 0 Å². The second kappa shape index (κ2) is 9.22. The minimum Gasteiger partial charge on any atom is -0.346 e. The van der Waals surface area contributed by atoms with Crippen molar-refractivity contribution >= 4 is 29.3 Å². The first kappa shape index (κ1) is 19.0. The third kappa shape index (κ3) is 5.32. The summed E-state index contributed by atoms with van der Waals surface area (Å²) in [5.74, 6) is 0.551. The number of hydrogen-bond acceptors (Lipinski definition) is 5. The van der Waals surface area contributed by atoms with Gasteiger partial charge in [-0.2, -0.15) is 0 Å². The van der Waals surface area contributed by atoms with Crippen molar-refractivity contribution in [1.82, 2.24) is 20.1 Å². The molecule has 2 rings (SSSR count). The minimum atomic E-state index is -0.244. The van der Waals surface area contributed by atoms with Crippen LogP contribution in [0.5, 0.6) is 0 Å². The Balaban J connectivity index is 1.78. The molecule has 0 saturated carbocycles. The van der Waals surface area contributed by atoms with E-state index < -0.39 is 0 Å². The molecule has 1 aromatic carbocycles. The van der Waals surface area contributed by atoms with Crippen LogP contribution in [-0.2, 0) is 22.6 Å². The number of aromatic nitrogens is 3. The van der Waals surface area contributed by atoms with Crippen molar-refractivity contribution in [2.75, 3.05) is 17.6 Å². The molecule has 1 heterocycles. The van der Waals surface area contributed by atoms with Gasteiger partial charge in [0.05, 0.1) is 12.3 Å². The van der Waals surface area contributed by atoms with Crippen molar-refractivity contribution in [3.05, 3.63) is 35.7 Å². The van der Waals surface area contributed by atoms with Gasteiger partial charge < -0.3 is 15.2 Å². The third-order valence-corrected chi connectivity index (χ3v) is 4.64. The van der Waals surface area contributed by atoms with E-state index in [4.69, 9.17) is 0 Å². The Kier molecular flexibility index (Phi) is 7.00. The standard InChI is InChI=1S/C17H23N5O2S/c1-4-13-8-6-7-9-14(13)19-15(23)10-18-16(24)11-25-17-21-20-12(3)22(17)5-2/h6-9H,4-5,10-11H2,1-3H3,(H,18,24)(H,19,23).